The summed E-state index contributed by atoms with van der Waals surface area (Å²) in [6, 6.07) is 5.84. The van der Waals surface area contributed by atoms with Crippen LogP contribution in [0.1, 0.15) is 5.56 Å². The first-order valence-electron chi connectivity index (χ1n) is 5.59. The second kappa shape index (κ2) is 7.99. The van der Waals surface area contributed by atoms with Crippen molar-refractivity contribution in [1.29, 1.82) is 0 Å². The number of carboxylic acids is 1. The van der Waals surface area contributed by atoms with E-state index in [0.29, 0.717) is 5.56 Å². The van der Waals surface area contributed by atoms with Gasteiger partial charge in [-0.25, -0.2) is 9.18 Å². The highest BCUT2D eigenvalue weighted by molar-refractivity contribution is 5.91. The molecule has 102 valence electrons. The summed E-state index contributed by atoms with van der Waals surface area (Å²) in [5.41, 5.74) is 0.581. The Balaban J connectivity index is 2.25. The third-order valence-corrected chi connectivity index (χ3v) is 2.05. The van der Waals surface area contributed by atoms with Gasteiger partial charge in [-0.15, -0.1) is 0 Å². The second-order valence-electron chi connectivity index (χ2n) is 3.63. The lowest BCUT2D eigenvalue weighted by molar-refractivity contribution is -0.142. The molecule has 0 aromatic heterocycles. The number of hydrogen-bond donors (Lipinski definition) is 2. The molecule has 19 heavy (non-hydrogen) atoms. The summed E-state index contributed by atoms with van der Waals surface area (Å²) >= 11 is 0. The maximum absolute atomic E-state index is 12.8. The molecule has 0 aliphatic carbocycles. The van der Waals surface area contributed by atoms with E-state index in [2.05, 4.69) is 5.32 Å². The monoisotopic (exact) mass is 267 g/mol. The summed E-state index contributed by atoms with van der Waals surface area (Å²) < 4.78 is 17.6. The number of ether oxygens (including phenoxy) is 1. The molecule has 1 amide bonds. The molecule has 0 saturated heterocycles. The van der Waals surface area contributed by atoms with Crippen molar-refractivity contribution in [1.82, 2.24) is 5.32 Å². The van der Waals surface area contributed by atoms with Gasteiger partial charge in [0.15, 0.2) is 0 Å². The van der Waals surface area contributed by atoms with Crippen molar-refractivity contribution in [2.75, 3.05) is 19.8 Å². The van der Waals surface area contributed by atoms with Crippen molar-refractivity contribution in [3.05, 3.63) is 41.7 Å². The molecule has 0 aliphatic rings. The van der Waals surface area contributed by atoms with E-state index in [0.717, 1.165) is 0 Å². The maximum Gasteiger partial charge on any atom is 0.329 e. The normalized spacial score (nSPS) is 10.6. The molecule has 0 radical (unpaired) electrons. The Morgan fingerprint density at radius 3 is 2.89 bits per heavy atom. The van der Waals surface area contributed by atoms with Crippen LogP contribution in [0.4, 0.5) is 4.39 Å². The predicted molar refractivity (Wildman–Crippen MR) is 66.9 cm³/mol. The smallest absolute Gasteiger partial charge is 0.329 e. The number of hydrogen-bond acceptors (Lipinski definition) is 3. The molecule has 1 rings (SSSR count). The van der Waals surface area contributed by atoms with Crippen LogP contribution in [0.15, 0.2) is 30.3 Å². The highest BCUT2D eigenvalue weighted by atomic mass is 19.1. The second-order valence-corrected chi connectivity index (χ2v) is 3.63. The number of amides is 1. The summed E-state index contributed by atoms with van der Waals surface area (Å²) in [5, 5.41) is 10.8. The third kappa shape index (κ3) is 6.95. The Labute approximate surface area is 109 Å². The zero-order chi connectivity index (χ0) is 14.1. The first-order valence-corrected chi connectivity index (χ1v) is 5.59. The van der Waals surface area contributed by atoms with Gasteiger partial charge >= 0.3 is 5.97 Å². The Morgan fingerprint density at radius 2 is 2.21 bits per heavy atom. The predicted octanol–water partition coefficient (Wildman–Crippen LogP) is 1.06. The van der Waals surface area contributed by atoms with Gasteiger partial charge in [-0.3, -0.25) is 4.79 Å². The van der Waals surface area contributed by atoms with Crippen LogP contribution in [0, 0.1) is 5.82 Å². The van der Waals surface area contributed by atoms with Crippen molar-refractivity contribution in [3.8, 4) is 0 Å². The van der Waals surface area contributed by atoms with E-state index in [1.165, 1.54) is 24.3 Å². The summed E-state index contributed by atoms with van der Waals surface area (Å²) in [4.78, 5) is 21.5. The summed E-state index contributed by atoms with van der Waals surface area (Å²) in [6.07, 6.45) is 2.75. The van der Waals surface area contributed by atoms with E-state index in [1.807, 2.05) is 0 Å². The number of carboxylic acid groups (broad SMARTS) is 1. The third-order valence-electron chi connectivity index (χ3n) is 2.05. The van der Waals surface area contributed by atoms with Crippen LogP contribution in [0.3, 0.4) is 0 Å². The van der Waals surface area contributed by atoms with Crippen LogP contribution in [0.2, 0.25) is 0 Å². The fraction of sp³-hybridized carbons (Fsp3) is 0.231. The van der Waals surface area contributed by atoms with E-state index in [1.54, 1.807) is 12.1 Å². The fourth-order valence-electron chi connectivity index (χ4n) is 1.25. The lowest BCUT2D eigenvalue weighted by Gasteiger charge is -2.02. The molecule has 0 aliphatic heterocycles. The van der Waals surface area contributed by atoms with E-state index < -0.39 is 12.6 Å². The summed E-state index contributed by atoms with van der Waals surface area (Å²) in [7, 11) is 0. The van der Waals surface area contributed by atoms with Crippen LogP contribution in [-0.2, 0) is 14.3 Å². The Kier molecular flexibility index (Phi) is 6.25. The minimum Gasteiger partial charge on any atom is -0.480 e. The largest absolute Gasteiger partial charge is 0.480 e. The van der Waals surface area contributed by atoms with E-state index >= 15 is 0 Å². The minimum atomic E-state index is -1.06. The van der Waals surface area contributed by atoms with Gasteiger partial charge in [-0.2, -0.15) is 0 Å². The molecule has 0 atom stereocenters. The Bertz CT molecular complexity index is 473. The van der Waals surface area contributed by atoms with Gasteiger partial charge in [0, 0.05) is 12.6 Å². The molecule has 0 spiro atoms. The van der Waals surface area contributed by atoms with E-state index in [9.17, 15) is 14.0 Å². The van der Waals surface area contributed by atoms with Gasteiger partial charge in [-0.05, 0) is 23.8 Å². The number of aliphatic carboxylic acids is 1. The van der Waals surface area contributed by atoms with Crippen LogP contribution in [0.5, 0.6) is 0 Å². The SMILES string of the molecule is O=C(O)COCCNC(=O)C=Cc1cccc(F)c1. The average Bonchev–Trinajstić information content (AvgIpc) is 2.35. The minimum absolute atomic E-state index is 0.117. The first-order chi connectivity index (χ1) is 9.08. The van der Waals surface area contributed by atoms with Gasteiger partial charge in [-0.1, -0.05) is 12.1 Å². The molecular weight excluding hydrogens is 253 g/mol. The number of carbonyl (C=O) groups is 2. The van der Waals surface area contributed by atoms with Gasteiger partial charge in [0.1, 0.15) is 12.4 Å². The Morgan fingerprint density at radius 1 is 1.42 bits per heavy atom. The Hall–Kier alpha value is -2.21. The van der Waals surface area contributed by atoms with Gasteiger partial charge in [0.05, 0.1) is 6.61 Å². The van der Waals surface area contributed by atoms with Crippen LogP contribution >= 0.6 is 0 Å². The average molecular weight is 267 g/mol. The molecule has 0 fully saturated rings. The summed E-state index contributed by atoms with van der Waals surface area (Å²) in [6.45, 7) is -0.0690. The number of carbonyl (C=O) groups excluding carboxylic acids is 1. The number of rotatable bonds is 7. The van der Waals surface area contributed by atoms with Gasteiger partial charge in [0.2, 0.25) is 5.91 Å². The molecule has 5 nitrogen and oxygen atoms in total. The molecule has 1 aromatic carbocycles. The van der Waals surface area contributed by atoms with Crippen LogP contribution in [-0.4, -0.2) is 36.7 Å². The topological polar surface area (TPSA) is 75.6 Å². The molecular formula is C13H14FNO4. The molecule has 6 heteroatoms. The zero-order valence-electron chi connectivity index (χ0n) is 10.1. The van der Waals surface area contributed by atoms with Crippen LogP contribution in [0.25, 0.3) is 6.08 Å². The number of benzene rings is 1. The van der Waals surface area contributed by atoms with Gasteiger partial charge in [0.25, 0.3) is 0 Å². The van der Waals surface area contributed by atoms with E-state index in [-0.39, 0.29) is 24.9 Å². The molecule has 0 bridgehead atoms. The standard InChI is InChI=1S/C13H14FNO4/c14-11-3-1-2-10(8-11)4-5-12(16)15-6-7-19-9-13(17)18/h1-5,8H,6-7,9H2,(H,15,16)(H,17,18). The highest BCUT2D eigenvalue weighted by Crippen LogP contribution is 2.04. The number of nitrogens with one attached hydrogen (secondary N) is 1. The molecule has 1 aromatic rings. The zero-order valence-corrected chi connectivity index (χ0v) is 10.1. The highest BCUT2D eigenvalue weighted by Gasteiger charge is 1.98. The molecule has 0 saturated carbocycles. The van der Waals surface area contributed by atoms with Gasteiger partial charge < -0.3 is 15.2 Å². The lowest BCUT2D eigenvalue weighted by atomic mass is 10.2. The van der Waals surface area contributed by atoms with Crippen LogP contribution < -0.4 is 5.32 Å². The molecule has 0 unspecified atom stereocenters. The molecule has 0 heterocycles. The lowest BCUT2D eigenvalue weighted by Crippen LogP contribution is -2.26. The molecule has 2 N–H and O–H groups in total. The maximum atomic E-state index is 12.8. The van der Waals surface area contributed by atoms with Crippen molar-refractivity contribution in [2.24, 2.45) is 0 Å². The quantitative estimate of drug-likeness (QED) is 0.572. The van der Waals surface area contributed by atoms with E-state index in [4.69, 9.17) is 9.84 Å². The number of halogens is 1. The van der Waals surface area contributed by atoms with Crippen molar-refractivity contribution in [3.63, 3.8) is 0 Å². The fourth-order valence-corrected chi connectivity index (χ4v) is 1.25. The summed E-state index contributed by atoms with van der Waals surface area (Å²) in [5.74, 6) is -1.79. The van der Waals surface area contributed by atoms with Crippen molar-refractivity contribution in [2.45, 2.75) is 0 Å². The first kappa shape index (κ1) is 14.8. The van der Waals surface area contributed by atoms with Crippen molar-refractivity contribution >= 4 is 18.0 Å². The van der Waals surface area contributed by atoms with Crippen molar-refractivity contribution < 1.29 is 23.8 Å².